The van der Waals surface area contributed by atoms with Crippen LogP contribution >= 0.6 is 15.9 Å². The molecular formula is C8H6BrN5. The molecule has 0 bridgehead atoms. The Balaban J connectivity index is 2.44. The maximum Gasteiger partial charge on any atom is 0.240 e. The van der Waals surface area contributed by atoms with Crippen molar-refractivity contribution in [3.8, 4) is 11.4 Å². The summed E-state index contributed by atoms with van der Waals surface area (Å²) in [5, 5.41) is 7.26. The first-order valence-electron chi connectivity index (χ1n) is 3.83. The Labute approximate surface area is 88.5 Å². The molecule has 2 aromatic heterocycles. The van der Waals surface area contributed by atoms with Gasteiger partial charge in [0.2, 0.25) is 5.95 Å². The number of nitrogens with zero attached hydrogens (tertiary/aromatic N) is 4. The molecule has 0 radical (unpaired) electrons. The normalized spacial score (nSPS) is 10.1. The standard InChI is InChI=1S/C8H6BrN5/c9-5-1-2-6(11-3-5)7-4-12-14-8(10)13-7/h1-4H,(H2,10,13,14). The number of rotatable bonds is 1. The van der Waals surface area contributed by atoms with Crippen molar-refractivity contribution in [2.75, 3.05) is 5.73 Å². The number of pyridine rings is 1. The van der Waals surface area contributed by atoms with Gasteiger partial charge in [0.15, 0.2) is 0 Å². The fraction of sp³-hybridized carbons (Fsp3) is 0. The minimum Gasteiger partial charge on any atom is -0.366 e. The highest BCUT2D eigenvalue weighted by Crippen LogP contribution is 2.15. The summed E-state index contributed by atoms with van der Waals surface area (Å²) in [4.78, 5) is 8.16. The molecule has 0 aliphatic carbocycles. The smallest absolute Gasteiger partial charge is 0.240 e. The van der Waals surface area contributed by atoms with Gasteiger partial charge in [0.1, 0.15) is 5.69 Å². The van der Waals surface area contributed by atoms with Crippen LogP contribution < -0.4 is 5.73 Å². The number of hydrogen-bond donors (Lipinski definition) is 1. The minimum absolute atomic E-state index is 0.146. The number of anilines is 1. The molecule has 2 N–H and O–H groups in total. The molecule has 0 spiro atoms. The third-order valence-electron chi connectivity index (χ3n) is 1.57. The highest BCUT2D eigenvalue weighted by atomic mass is 79.9. The molecule has 0 amide bonds. The predicted molar refractivity (Wildman–Crippen MR) is 55.2 cm³/mol. The number of halogens is 1. The van der Waals surface area contributed by atoms with Gasteiger partial charge in [-0.25, -0.2) is 4.98 Å². The molecule has 0 fully saturated rings. The van der Waals surface area contributed by atoms with E-state index in [1.54, 1.807) is 6.20 Å². The summed E-state index contributed by atoms with van der Waals surface area (Å²) in [5.74, 6) is 0.146. The van der Waals surface area contributed by atoms with E-state index in [4.69, 9.17) is 5.73 Å². The summed E-state index contributed by atoms with van der Waals surface area (Å²) in [7, 11) is 0. The van der Waals surface area contributed by atoms with E-state index < -0.39 is 0 Å². The average molecular weight is 252 g/mol. The van der Waals surface area contributed by atoms with Crippen LogP contribution in [0.4, 0.5) is 5.95 Å². The largest absolute Gasteiger partial charge is 0.366 e. The third kappa shape index (κ3) is 1.85. The van der Waals surface area contributed by atoms with Crippen LogP contribution in [0.1, 0.15) is 0 Å². The molecule has 14 heavy (non-hydrogen) atoms. The van der Waals surface area contributed by atoms with E-state index in [-0.39, 0.29) is 5.95 Å². The molecule has 0 aliphatic heterocycles. The first kappa shape index (κ1) is 9.01. The molecule has 5 nitrogen and oxygen atoms in total. The highest BCUT2D eigenvalue weighted by molar-refractivity contribution is 9.10. The molecule has 0 atom stereocenters. The molecule has 2 rings (SSSR count). The lowest BCUT2D eigenvalue weighted by Gasteiger charge is -1.98. The van der Waals surface area contributed by atoms with Gasteiger partial charge in [-0.1, -0.05) is 0 Å². The van der Waals surface area contributed by atoms with E-state index in [0.29, 0.717) is 5.69 Å². The third-order valence-corrected chi connectivity index (χ3v) is 2.03. The van der Waals surface area contributed by atoms with E-state index in [0.717, 1.165) is 10.2 Å². The lowest BCUT2D eigenvalue weighted by atomic mass is 10.3. The van der Waals surface area contributed by atoms with Crippen LogP contribution in [0.15, 0.2) is 29.0 Å². The second kappa shape index (κ2) is 3.67. The van der Waals surface area contributed by atoms with Crippen LogP contribution in [-0.4, -0.2) is 20.2 Å². The monoisotopic (exact) mass is 251 g/mol. The zero-order chi connectivity index (χ0) is 9.97. The van der Waals surface area contributed by atoms with Gasteiger partial charge in [0.05, 0.1) is 11.9 Å². The van der Waals surface area contributed by atoms with Gasteiger partial charge >= 0.3 is 0 Å². The molecule has 2 heterocycles. The van der Waals surface area contributed by atoms with Crippen LogP contribution in [0.3, 0.4) is 0 Å². The van der Waals surface area contributed by atoms with Crippen LogP contribution in [0.25, 0.3) is 11.4 Å². The van der Waals surface area contributed by atoms with Crippen molar-refractivity contribution >= 4 is 21.9 Å². The zero-order valence-electron chi connectivity index (χ0n) is 7.05. The van der Waals surface area contributed by atoms with E-state index in [2.05, 4.69) is 36.1 Å². The number of hydrogen-bond acceptors (Lipinski definition) is 5. The Hall–Kier alpha value is -1.56. The molecule has 0 saturated carbocycles. The number of nitrogen functional groups attached to an aromatic ring is 1. The second-order valence-corrected chi connectivity index (χ2v) is 3.48. The Bertz CT molecular complexity index is 442. The fourth-order valence-electron chi connectivity index (χ4n) is 0.968. The van der Waals surface area contributed by atoms with Crippen molar-refractivity contribution in [2.24, 2.45) is 0 Å². The van der Waals surface area contributed by atoms with Crippen molar-refractivity contribution in [1.29, 1.82) is 0 Å². The van der Waals surface area contributed by atoms with E-state index in [9.17, 15) is 0 Å². The molecule has 70 valence electrons. The van der Waals surface area contributed by atoms with Gasteiger partial charge in [0.25, 0.3) is 0 Å². The Morgan fingerprint density at radius 2 is 2.00 bits per heavy atom. The zero-order valence-corrected chi connectivity index (χ0v) is 8.64. The first-order valence-corrected chi connectivity index (χ1v) is 4.62. The van der Waals surface area contributed by atoms with Crippen molar-refractivity contribution < 1.29 is 0 Å². The second-order valence-electron chi connectivity index (χ2n) is 2.56. The summed E-state index contributed by atoms with van der Waals surface area (Å²) in [6.07, 6.45) is 3.21. The summed E-state index contributed by atoms with van der Waals surface area (Å²) >= 11 is 3.30. The summed E-state index contributed by atoms with van der Waals surface area (Å²) in [5.41, 5.74) is 6.74. The van der Waals surface area contributed by atoms with Crippen LogP contribution in [0.5, 0.6) is 0 Å². The van der Waals surface area contributed by atoms with E-state index in [1.165, 1.54) is 6.20 Å². The quantitative estimate of drug-likeness (QED) is 0.827. The molecule has 0 aromatic carbocycles. The van der Waals surface area contributed by atoms with Crippen LogP contribution in [0, 0.1) is 0 Å². The molecule has 0 aliphatic rings. The van der Waals surface area contributed by atoms with Crippen molar-refractivity contribution in [1.82, 2.24) is 20.2 Å². The maximum atomic E-state index is 5.40. The number of aromatic nitrogens is 4. The lowest BCUT2D eigenvalue weighted by molar-refractivity contribution is 0.985. The Morgan fingerprint density at radius 3 is 2.64 bits per heavy atom. The highest BCUT2D eigenvalue weighted by Gasteiger charge is 2.01. The molecule has 2 aromatic rings. The Kier molecular flexibility index (Phi) is 2.36. The van der Waals surface area contributed by atoms with Gasteiger partial charge < -0.3 is 5.73 Å². The lowest BCUT2D eigenvalue weighted by Crippen LogP contribution is -1.98. The van der Waals surface area contributed by atoms with Crippen LogP contribution in [0.2, 0.25) is 0 Å². The van der Waals surface area contributed by atoms with Crippen molar-refractivity contribution in [2.45, 2.75) is 0 Å². The van der Waals surface area contributed by atoms with E-state index in [1.807, 2.05) is 12.1 Å². The number of nitrogens with two attached hydrogens (primary N) is 1. The summed E-state index contributed by atoms with van der Waals surface area (Å²) in [6, 6.07) is 3.70. The fourth-order valence-corrected chi connectivity index (χ4v) is 1.20. The molecule has 6 heteroatoms. The SMILES string of the molecule is Nc1nncc(-c2ccc(Br)cn2)n1. The van der Waals surface area contributed by atoms with Gasteiger partial charge in [0, 0.05) is 10.7 Å². The predicted octanol–water partition coefficient (Wildman–Crippen LogP) is 1.28. The van der Waals surface area contributed by atoms with Gasteiger partial charge in [-0.05, 0) is 28.1 Å². The minimum atomic E-state index is 0.146. The maximum absolute atomic E-state index is 5.40. The van der Waals surface area contributed by atoms with E-state index >= 15 is 0 Å². The Morgan fingerprint density at radius 1 is 1.14 bits per heavy atom. The average Bonchev–Trinajstić information content (AvgIpc) is 2.19. The first-order chi connectivity index (χ1) is 6.75. The van der Waals surface area contributed by atoms with Crippen molar-refractivity contribution in [3.63, 3.8) is 0 Å². The van der Waals surface area contributed by atoms with Gasteiger partial charge in [-0.15, -0.1) is 5.10 Å². The van der Waals surface area contributed by atoms with Gasteiger partial charge in [-0.2, -0.15) is 5.10 Å². The van der Waals surface area contributed by atoms with Crippen molar-refractivity contribution in [3.05, 3.63) is 29.0 Å². The molecular weight excluding hydrogens is 246 g/mol. The van der Waals surface area contributed by atoms with Crippen LogP contribution in [-0.2, 0) is 0 Å². The van der Waals surface area contributed by atoms with Gasteiger partial charge in [-0.3, -0.25) is 4.98 Å². The topological polar surface area (TPSA) is 77.6 Å². The summed E-state index contributed by atoms with van der Waals surface area (Å²) < 4.78 is 0.913. The molecule has 0 unspecified atom stereocenters. The summed E-state index contributed by atoms with van der Waals surface area (Å²) in [6.45, 7) is 0. The molecule has 0 saturated heterocycles.